The largest absolute Gasteiger partial charge is 0.478 e. The molecule has 2 saturated carbocycles. The predicted molar refractivity (Wildman–Crippen MR) is 119 cm³/mol. The molecule has 4 atom stereocenters. The van der Waals surface area contributed by atoms with Crippen molar-refractivity contribution in [1.82, 2.24) is 0 Å². The maximum Gasteiger partial charge on any atom is 0.336 e. The second-order valence-electron chi connectivity index (χ2n) is 9.41. The molecule has 3 heteroatoms. The van der Waals surface area contributed by atoms with Gasteiger partial charge in [-0.15, -0.1) is 0 Å². The number of fused-ring (bicyclic) bond motifs is 1. The normalized spacial score (nSPS) is 26.2. The number of carboxylic acids is 1. The van der Waals surface area contributed by atoms with Gasteiger partial charge in [0.05, 0.1) is 5.56 Å². The summed E-state index contributed by atoms with van der Waals surface area (Å²) in [5.41, 5.74) is 1.64. The second kappa shape index (κ2) is 9.32. The molecule has 160 valence electrons. The third kappa shape index (κ3) is 4.31. The highest BCUT2D eigenvalue weighted by Crippen LogP contribution is 2.49. The van der Waals surface area contributed by atoms with E-state index in [2.05, 4.69) is 6.92 Å². The van der Waals surface area contributed by atoms with Gasteiger partial charge >= 0.3 is 5.97 Å². The fourth-order valence-corrected chi connectivity index (χ4v) is 6.00. The van der Waals surface area contributed by atoms with E-state index in [0.717, 1.165) is 24.7 Å². The first-order chi connectivity index (χ1) is 14.6. The van der Waals surface area contributed by atoms with E-state index in [1.807, 2.05) is 18.2 Å². The lowest BCUT2D eigenvalue weighted by atomic mass is 9.63. The van der Waals surface area contributed by atoms with Crippen LogP contribution in [0.2, 0.25) is 0 Å². The Morgan fingerprint density at radius 2 is 1.73 bits per heavy atom. The molecule has 2 aromatic rings. The van der Waals surface area contributed by atoms with Gasteiger partial charge in [-0.05, 0) is 73.0 Å². The van der Waals surface area contributed by atoms with Gasteiger partial charge in [0.15, 0.2) is 0 Å². The van der Waals surface area contributed by atoms with E-state index in [1.165, 1.54) is 44.9 Å². The third-order valence-electron chi connectivity index (χ3n) is 7.59. The highest BCUT2D eigenvalue weighted by Gasteiger charge is 2.37. The molecule has 0 saturated heterocycles. The number of aromatic carboxylic acids is 1. The van der Waals surface area contributed by atoms with Crippen molar-refractivity contribution in [2.75, 3.05) is 0 Å². The quantitative estimate of drug-likeness (QED) is 0.532. The number of hydrogen-bond acceptors (Lipinski definition) is 1. The van der Waals surface area contributed by atoms with Crippen molar-refractivity contribution in [2.45, 2.75) is 70.6 Å². The summed E-state index contributed by atoms with van der Waals surface area (Å²) in [5, 5.41) is 9.63. The molecule has 2 aromatic carbocycles. The van der Waals surface area contributed by atoms with Crippen LogP contribution in [-0.4, -0.2) is 11.1 Å². The minimum Gasteiger partial charge on any atom is -0.478 e. The van der Waals surface area contributed by atoms with Gasteiger partial charge in [-0.3, -0.25) is 0 Å². The van der Waals surface area contributed by atoms with Gasteiger partial charge in [0, 0.05) is 5.56 Å². The topological polar surface area (TPSA) is 37.3 Å². The Hall–Kier alpha value is -2.16. The molecular formula is C27H33FO2. The molecule has 30 heavy (non-hydrogen) atoms. The van der Waals surface area contributed by atoms with Crippen LogP contribution in [0.4, 0.5) is 4.39 Å². The molecule has 0 bridgehead atoms. The summed E-state index contributed by atoms with van der Waals surface area (Å²) in [5.74, 6) is 1.17. The maximum absolute atomic E-state index is 15.7. The van der Waals surface area contributed by atoms with Crippen LogP contribution < -0.4 is 0 Å². The molecule has 4 rings (SSSR count). The van der Waals surface area contributed by atoms with Crippen LogP contribution in [0.15, 0.2) is 42.5 Å². The zero-order valence-electron chi connectivity index (χ0n) is 17.9. The van der Waals surface area contributed by atoms with Crippen LogP contribution in [0.1, 0.15) is 86.6 Å². The number of rotatable bonds is 6. The van der Waals surface area contributed by atoms with E-state index in [1.54, 1.807) is 24.3 Å². The first-order valence-corrected chi connectivity index (χ1v) is 11.7. The van der Waals surface area contributed by atoms with Crippen molar-refractivity contribution in [3.05, 3.63) is 59.4 Å². The van der Waals surface area contributed by atoms with Crippen LogP contribution in [0.25, 0.3) is 11.1 Å². The molecule has 2 nitrogen and oxygen atoms in total. The van der Waals surface area contributed by atoms with Gasteiger partial charge in [0.25, 0.3) is 0 Å². The molecule has 2 aliphatic rings. The van der Waals surface area contributed by atoms with E-state index in [4.69, 9.17) is 0 Å². The smallest absolute Gasteiger partial charge is 0.336 e. The lowest BCUT2D eigenvalue weighted by molar-refractivity contribution is 0.0697. The standard InChI is InChI=1S/C27H33FO2/c1-2-3-7-18-10-11-21-17-22(13-12-20(21)16-18)23-14-15-24(27(29)30)25(26(23)28)19-8-5-4-6-9-19/h4-6,8-9,14-15,18,20-22H,2-3,7,10-13,16-17H2,1H3,(H,29,30). The fraction of sp³-hybridized carbons (Fsp3) is 0.519. The minimum atomic E-state index is -1.08. The van der Waals surface area contributed by atoms with Crippen molar-refractivity contribution in [3.63, 3.8) is 0 Å². The Kier molecular flexibility index (Phi) is 6.55. The molecule has 0 heterocycles. The number of hydrogen-bond donors (Lipinski definition) is 1. The van der Waals surface area contributed by atoms with Gasteiger partial charge in [0.1, 0.15) is 5.82 Å². The van der Waals surface area contributed by atoms with Crippen LogP contribution in [0.5, 0.6) is 0 Å². The van der Waals surface area contributed by atoms with Crippen molar-refractivity contribution < 1.29 is 14.3 Å². The van der Waals surface area contributed by atoms with Crippen molar-refractivity contribution in [3.8, 4) is 11.1 Å². The van der Waals surface area contributed by atoms with Gasteiger partial charge in [-0.1, -0.05) is 69.0 Å². The average molecular weight is 409 g/mol. The van der Waals surface area contributed by atoms with E-state index >= 15 is 4.39 Å². The Labute approximate surface area is 179 Å². The number of carbonyl (C=O) groups is 1. The summed E-state index contributed by atoms with van der Waals surface area (Å²) in [6, 6.07) is 12.5. The molecule has 0 spiro atoms. The highest BCUT2D eigenvalue weighted by atomic mass is 19.1. The Morgan fingerprint density at radius 3 is 2.47 bits per heavy atom. The number of halogens is 1. The third-order valence-corrected chi connectivity index (χ3v) is 7.59. The lowest BCUT2D eigenvalue weighted by Crippen LogP contribution is -2.30. The van der Waals surface area contributed by atoms with E-state index < -0.39 is 5.97 Å². The molecule has 0 aromatic heterocycles. The predicted octanol–water partition coefficient (Wildman–Crippen LogP) is 7.68. The van der Waals surface area contributed by atoms with Gasteiger partial charge in [0.2, 0.25) is 0 Å². The molecule has 0 aliphatic heterocycles. The van der Waals surface area contributed by atoms with Crippen LogP contribution >= 0.6 is 0 Å². The first kappa shape index (κ1) is 21.1. The number of benzene rings is 2. The van der Waals surface area contributed by atoms with Crippen LogP contribution in [0.3, 0.4) is 0 Å². The van der Waals surface area contributed by atoms with Crippen LogP contribution in [0, 0.1) is 23.6 Å². The summed E-state index contributed by atoms with van der Waals surface area (Å²) in [4.78, 5) is 11.8. The summed E-state index contributed by atoms with van der Waals surface area (Å²) in [7, 11) is 0. The van der Waals surface area contributed by atoms with E-state index in [9.17, 15) is 9.90 Å². The molecule has 0 amide bonds. The highest BCUT2D eigenvalue weighted by molar-refractivity contribution is 5.96. The van der Waals surface area contributed by atoms with Crippen LogP contribution in [-0.2, 0) is 0 Å². The summed E-state index contributed by atoms with van der Waals surface area (Å²) >= 11 is 0. The fourth-order valence-electron chi connectivity index (χ4n) is 6.00. The summed E-state index contributed by atoms with van der Waals surface area (Å²) in [6.07, 6.45) is 11.2. The van der Waals surface area contributed by atoms with Crippen molar-refractivity contribution >= 4 is 5.97 Å². The Bertz CT molecular complexity index is 876. The zero-order chi connectivity index (χ0) is 21.1. The van der Waals surface area contributed by atoms with Gasteiger partial charge < -0.3 is 5.11 Å². The van der Waals surface area contributed by atoms with Crippen molar-refractivity contribution in [1.29, 1.82) is 0 Å². The Morgan fingerprint density at radius 1 is 1.00 bits per heavy atom. The zero-order valence-corrected chi connectivity index (χ0v) is 17.9. The molecule has 4 unspecified atom stereocenters. The second-order valence-corrected chi connectivity index (χ2v) is 9.41. The summed E-state index contributed by atoms with van der Waals surface area (Å²) < 4.78 is 15.7. The monoisotopic (exact) mass is 408 g/mol. The lowest BCUT2D eigenvalue weighted by Gasteiger charge is -2.42. The molecule has 2 fully saturated rings. The Balaban J connectivity index is 1.56. The average Bonchev–Trinajstić information content (AvgIpc) is 2.77. The number of unbranched alkanes of at least 4 members (excludes halogenated alkanes) is 1. The van der Waals surface area contributed by atoms with Gasteiger partial charge in [-0.2, -0.15) is 0 Å². The molecular weight excluding hydrogens is 375 g/mol. The van der Waals surface area contributed by atoms with Crippen molar-refractivity contribution in [2.24, 2.45) is 17.8 Å². The first-order valence-electron chi connectivity index (χ1n) is 11.7. The molecule has 0 radical (unpaired) electrons. The molecule has 1 N–H and O–H groups in total. The number of carboxylic acid groups (broad SMARTS) is 1. The summed E-state index contributed by atoms with van der Waals surface area (Å²) in [6.45, 7) is 2.27. The van der Waals surface area contributed by atoms with E-state index in [-0.39, 0.29) is 22.9 Å². The molecule has 2 aliphatic carbocycles. The maximum atomic E-state index is 15.7. The van der Waals surface area contributed by atoms with Gasteiger partial charge in [-0.25, -0.2) is 9.18 Å². The minimum absolute atomic E-state index is 0.0487. The SMILES string of the molecule is CCCCC1CCC2CC(c3ccc(C(=O)O)c(-c4ccccc4)c3F)CCC2C1. The van der Waals surface area contributed by atoms with E-state index in [0.29, 0.717) is 17.0 Å².